The van der Waals surface area contributed by atoms with E-state index in [1.807, 2.05) is 0 Å². The summed E-state index contributed by atoms with van der Waals surface area (Å²) in [7, 11) is -7.33. The number of rotatable bonds is 2. The maximum absolute atomic E-state index is 9.53. The van der Waals surface area contributed by atoms with Crippen LogP contribution >= 0.6 is 0 Å². The van der Waals surface area contributed by atoms with Crippen molar-refractivity contribution in [2.75, 3.05) is 0 Å². The van der Waals surface area contributed by atoms with Crippen LogP contribution in [0, 0.1) is 0 Å². The van der Waals surface area contributed by atoms with E-state index in [4.69, 9.17) is 40.9 Å². The fourth-order valence-corrected chi connectivity index (χ4v) is 1.85. The largest absolute Gasteiger partial charge is 2.00 e. The van der Waals surface area contributed by atoms with E-state index in [1.165, 1.54) is 0 Å². The summed E-state index contributed by atoms with van der Waals surface area (Å²) in [6.45, 7) is 0. The monoisotopic (exact) mass is 628 g/mol. The maximum Gasteiger partial charge on any atom is 2.00 e. The van der Waals surface area contributed by atoms with E-state index in [0.29, 0.717) is 0 Å². The van der Waals surface area contributed by atoms with Crippen molar-refractivity contribution in [3.05, 3.63) is 0 Å². The summed E-state index contributed by atoms with van der Waals surface area (Å²) < 4.78 is 90.3. The van der Waals surface area contributed by atoms with E-state index < -0.39 is 44.9 Å². The predicted molar refractivity (Wildman–Crippen MR) is 50.4 cm³/mol. The second kappa shape index (κ2) is 36.4. The Labute approximate surface area is 227 Å². The first kappa shape index (κ1) is 77.9. The van der Waals surface area contributed by atoms with Crippen LogP contribution in [-0.4, -0.2) is 59.2 Å². The van der Waals surface area contributed by atoms with Crippen LogP contribution < -0.4 is 96.2 Å². The summed E-state index contributed by atoms with van der Waals surface area (Å²) in [6, 6.07) is 0. The Bertz CT molecular complexity index is 486. The zero-order chi connectivity index (χ0) is 15.8. The Kier molecular flexibility index (Phi) is 105. The minimum absolute atomic E-state index is 0. The molecule has 17 N–H and O–H groups in total. The molecule has 18 nitrogen and oxygen atoms in total. The van der Waals surface area contributed by atoms with Crippen LogP contribution in [0.25, 0.3) is 0 Å². The summed E-state index contributed by atoms with van der Waals surface area (Å²) in [5.41, 5.74) is 0. The SMILES string of the molecule is O.O.O=S(=O)([O-])[O-].OB(O)O.[Cl-].[Cl-].[NH4+].[NH4+].[Na+].[Na+].[O]=[Cr](=[O])([OH])[O][Cr](=[O])(=[O])[OH].[Zn+2]. The van der Waals surface area contributed by atoms with E-state index in [-0.39, 0.29) is 127 Å². The fourth-order valence-electron chi connectivity index (χ4n) is 0.109. The van der Waals surface area contributed by atoms with Gasteiger partial charge in [0, 0.05) is 10.4 Å². The molecule has 0 atom stereocenters. The van der Waals surface area contributed by atoms with E-state index in [2.05, 4.69) is 2.84 Å². The van der Waals surface area contributed by atoms with Gasteiger partial charge in [0.15, 0.2) is 0 Å². The van der Waals surface area contributed by atoms with Crippen LogP contribution in [-0.2, 0) is 75.2 Å². The van der Waals surface area contributed by atoms with Crippen LogP contribution in [0.3, 0.4) is 0 Å². The Morgan fingerprint density at radius 3 is 0.852 bits per heavy atom. The van der Waals surface area contributed by atoms with Crippen molar-refractivity contribution in [3.8, 4) is 0 Å². The molecule has 0 aromatic heterocycles. The van der Waals surface area contributed by atoms with Gasteiger partial charge in [-0.1, -0.05) is 0 Å². The van der Waals surface area contributed by atoms with Crippen molar-refractivity contribution in [2.24, 2.45) is 0 Å². The standard InChI is InChI=1S/BH3O3.2ClH.2Cr.2H3N.2Na.H2O4S.4H2O.5O.Zn/c2-1(3)4;;;;;;;;;1-5(2,3)4;;;;;;;;;;/h2-4H;2*1H;;;2*1H3;;;(H2,1,2,3,4);4*1H2;;;;;;/q;;;2*+1;;;2*+1;;;;;;;;;;;+2/p-4. The molecule has 0 spiro atoms. The predicted octanol–water partition coefficient (Wildman–Crippen LogP) is -17.9. The smallest absolute Gasteiger partial charge is 2.00 e. The molecule has 27 heavy (non-hydrogen) atoms. The van der Waals surface area contributed by atoms with Crippen LogP contribution in [0.15, 0.2) is 0 Å². The second-order valence-corrected chi connectivity index (χ2v) is 6.26. The van der Waals surface area contributed by atoms with Gasteiger partial charge in [-0.15, -0.1) is 0 Å². The van der Waals surface area contributed by atoms with Gasteiger partial charge >= 0.3 is 140 Å². The van der Waals surface area contributed by atoms with Crippen molar-refractivity contribution in [3.63, 3.8) is 0 Å². The number of hydrogen-bond acceptors (Lipinski definition) is 12. The van der Waals surface area contributed by atoms with Crippen LogP contribution in [0.2, 0.25) is 0 Å². The van der Waals surface area contributed by atoms with Gasteiger partial charge in [0.2, 0.25) is 0 Å². The normalized spacial score (nSPS) is 7.67. The van der Waals surface area contributed by atoms with Crippen molar-refractivity contribution >= 4 is 17.7 Å². The third kappa shape index (κ3) is 261. The molecular formula is H17BCl2Cr2N2Na2O16SZn+2. The Balaban J connectivity index is -0.0000000114. The van der Waals surface area contributed by atoms with Crippen molar-refractivity contribution in [1.82, 2.24) is 12.3 Å². The maximum atomic E-state index is 9.53. The molecule has 27 heteroatoms. The molecule has 0 heterocycles. The molecule has 0 aliphatic carbocycles. The topological polar surface area (TPSA) is 395 Å². The molecule has 0 bridgehead atoms. The molecule has 0 amide bonds. The van der Waals surface area contributed by atoms with Gasteiger partial charge < -0.3 is 72.2 Å². The van der Waals surface area contributed by atoms with Crippen molar-refractivity contribution in [2.45, 2.75) is 0 Å². The van der Waals surface area contributed by atoms with Gasteiger partial charge in [-0.2, -0.15) is 0 Å². The van der Waals surface area contributed by atoms with Gasteiger partial charge in [-0.05, 0) is 0 Å². The molecule has 0 aliphatic heterocycles. The Morgan fingerprint density at radius 2 is 0.852 bits per heavy atom. The van der Waals surface area contributed by atoms with Gasteiger partial charge in [0.1, 0.15) is 0 Å². The first-order valence-electron chi connectivity index (χ1n) is 2.81. The molecule has 0 saturated heterocycles. The first-order valence-corrected chi connectivity index (χ1v) is 8.40. The van der Waals surface area contributed by atoms with E-state index in [0.717, 1.165) is 0 Å². The molecule has 0 saturated carbocycles. The van der Waals surface area contributed by atoms with E-state index in [9.17, 15) is 15.2 Å². The summed E-state index contributed by atoms with van der Waals surface area (Å²) in [5, 5.41) is 21.5. The molecule has 0 radical (unpaired) electrons. The Morgan fingerprint density at radius 1 is 0.778 bits per heavy atom. The molecule has 0 aliphatic rings. The van der Waals surface area contributed by atoms with Gasteiger partial charge in [0.25, 0.3) is 0 Å². The minimum Gasteiger partial charge on any atom is 2.00 e. The minimum atomic E-state index is -5.76. The molecular weight excluding hydrogens is 613 g/mol. The Hall–Kier alpha value is 3.00. The van der Waals surface area contributed by atoms with Crippen LogP contribution in [0.5, 0.6) is 0 Å². The third-order valence-corrected chi connectivity index (χ3v) is 2.92. The summed E-state index contributed by atoms with van der Waals surface area (Å²) in [5.74, 6) is 0. The van der Waals surface area contributed by atoms with Gasteiger partial charge in [-0.3, -0.25) is 8.42 Å². The second-order valence-electron chi connectivity index (χ2n) is 1.68. The van der Waals surface area contributed by atoms with E-state index in [1.54, 1.807) is 0 Å². The summed E-state index contributed by atoms with van der Waals surface area (Å²) >= 11 is -11.5. The number of quaternary nitrogens is 2. The van der Waals surface area contributed by atoms with Crippen molar-refractivity contribution < 1.29 is 201 Å². The van der Waals surface area contributed by atoms with Crippen LogP contribution in [0.4, 0.5) is 0 Å². The first-order chi connectivity index (χ1) is 7.44. The summed E-state index contributed by atoms with van der Waals surface area (Å²) in [6.07, 6.45) is 0. The zero-order valence-electron chi connectivity index (χ0n) is 14.2. The molecule has 0 aromatic carbocycles. The van der Waals surface area contributed by atoms with Crippen molar-refractivity contribution in [1.29, 1.82) is 0 Å². The average Bonchev–Trinajstić information content (AvgIpc) is 1.67. The molecule has 0 aromatic rings. The number of hydrogen-bond donors (Lipinski definition) is 7. The zero-order valence-corrected chi connectivity index (χ0v) is 26.0. The quantitative estimate of drug-likeness (QED) is 0.0846. The fraction of sp³-hybridized carbons (Fsp3) is 0. The molecule has 160 valence electrons. The number of halogens is 2. The molecule has 0 rings (SSSR count). The van der Waals surface area contributed by atoms with Crippen LogP contribution in [0.1, 0.15) is 0 Å². The van der Waals surface area contributed by atoms with Gasteiger partial charge in [0.05, 0.1) is 0 Å². The summed E-state index contributed by atoms with van der Waals surface area (Å²) in [4.78, 5) is 0. The van der Waals surface area contributed by atoms with E-state index >= 15 is 0 Å². The molecule has 0 unspecified atom stereocenters. The average molecular weight is 630 g/mol. The van der Waals surface area contributed by atoms with Gasteiger partial charge in [-0.25, -0.2) is 0 Å². The third-order valence-electron chi connectivity index (χ3n) is 0.172. The molecule has 0 fully saturated rings.